The van der Waals surface area contributed by atoms with E-state index in [9.17, 15) is 4.79 Å². The Morgan fingerprint density at radius 3 is 2.74 bits per heavy atom. The molecule has 2 aromatic heterocycles. The number of aromatic nitrogens is 4. The van der Waals surface area contributed by atoms with Gasteiger partial charge in [0.25, 0.3) is 5.91 Å². The van der Waals surface area contributed by atoms with Crippen LogP contribution in [0.2, 0.25) is 0 Å². The number of H-pyrrole nitrogens is 1. The largest absolute Gasteiger partial charge is 0.344 e. The van der Waals surface area contributed by atoms with Crippen LogP contribution in [0.25, 0.3) is 11.3 Å². The minimum atomic E-state index is -0.148. The Kier molecular flexibility index (Phi) is 4.23. The normalized spacial score (nSPS) is 12.1. The summed E-state index contributed by atoms with van der Waals surface area (Å²) < 4.78 is 1.78. The van der Waals surface area contributed by atoms with Gasteiger partial charge in [0.05, 0.1) is 29.2 Å². The van der Waals surface area contributed by atoms with Crippen molar-refractivity contribution < 1.29 is 4.79 Å². The third-order valence-electron chi connectivity index (χ3n) is 3.88. The summed E-state index contributed by atoms with van der Waals surface area (Å²) in [5, 5.41) is 14.2. The molecule has 0 unspecified atom stereocenters. The van der Waals surface area contributed by atoms with E-state index in [1.807, 2.05) is 50.4 Å². The molecule has 3 rings (SSSR count). The zero-order chi connectivity index (χ0) is 16.2. The molecule has 0 radical (unpaired) electrons. The Bertz CT molecular complexity index is 790. The van der Waals surface area contributed by atoms with Gasteiger partial charge >= 0.3 is 0 Å². The highest BCUT2D eigenvalue weighted by molar-refractivity contribution is 5.99. The number of benzene rings is 1. The van der Waals surface area contributed by atoms with Gasteiger partial charge < -0.3 is 5.32 Å². The maximum atomic E-state index is 12.7. The molecule has 0 saturated carbocycles. The van der Waals surface area contributed by atoms with Crippen molar-refractivity contribution in [3.8, 4) is 11.3 Å². The molecule has 0 spiro atoms. The zero-order valence-electron chi connectivity index (χ0n) is 13.2. The van der Waals surface area contributed by atoms with Crippen LogP contribution in [0, 0.1) is 0 Å². The first kappa shape index (κ1) is 15.0. The third kappa shape index (κ3) is 3.01. The average Bonchev–Trinajstić information content (AvgIpc) is 3.22. The summed E-state index contributed by atoms with van der Waals surface area (Å²) in [5.74, 6) is -0.148. The smallest absolute Gasteiger partial charge is 0.255 e. The van der Waals surface area contributed by atoms with Gasteiger partial charge in [-0.3, -0.25) is 14.6 Å². The van der Waals surface area contributed by atoms with E-state index < -0.39 is 0 Å². The van der Waals surface area contributed by atoms with Crippen LogP contribution in [0.5, 0.6) is 0 Å². The number of rotatable bonds is 5. The Balaban J connectivity index is 1.84. The van der Waals surface area contributed by atoms with Crippen molar-refractivity contribution in [3.05, 3.63) is 60.0 Å². The molecule has 0 saturated heterocycles. The fraction of sp³-hybridized carbons (Fsp3) is 0.235. The standard InChI is InChI=1S/C17H19N5O/c1-3-14(15-9-10-19-22(15)2)20-17(23)13-11-18-21-16(13)12-7-5-4-6-8-12/h4-11,14H,3H2,1-2H3,(H,18,21)(H,20,23)/t14-/m1/s1. The van der Waals surface area contributed by atoms with Crippen molar-refractivity contribution in [2.75, 3.05) is 0 Å². The van der Waals surface area contributed by atoms with Gasteiger partial charge in [-0.15, -0.1) is 0 Å². The number of aromatic amines is 1. The first-order valence-electron chi connectivity index (χ1n) is 7.58. The van der Waals surface area contributed by atoms with E-state index >= 15 is 0 Å². The average molecular weight is 309 g/mol. The second kappa shape index (κ2) is 6.48. The lowest BCUT2D eigenvalue weighted by molar-refractivity contribution is 0.0934. The van der Waals surface area contributed by atoms with Crippen LogP contribution in [-0.2, 0) is 7.05 Å². The van der Waals surface area contributed by atoms with Crippen molar-refractivity contribution in [2.24, 2.45) is 7.05 Å². The van der Waals surface area contributed by atoms with E-state index in [4.69, 9.17) is 0 Å². The van der Waals surface area contributed by atoms with Gasteiger partial charge in [-0.25, -0.2) is 0 Å². The molecule has 23 heavy (non-hydrogen) atoms. The summed E-state index contributed by atoms with van der Waals surface area (Å²) in [6, 6.07) is 11.5. The molecular formula is C17H19N5O. The molecule has 3 aromatic rings. The number of amides is 1. The molecule has 6 heteroatoms. The van der Waals surface area contributed by atoms with Crippen LogP contribution in [0.4, 0.5) is 0 Å². The van der Waals surface area contributed by atoms with E-state index in [1.165, 1.54) is 0 Å². The molecule has 0 bridgehead atoms. The summed E-state index contributed by atoms with van der Waals surface area (Å²) in [6.07, 6.45) is 4.08. The third-order valence-corrected chi connectivity index (χ3v) is 3.88. The fourth-order valence-electron chi connectivity index (χ4n) is 2.63. The number of carbonyl (C=O) groups is 1. The lowest BCUT2D eigenvalue weighted by atomic mass is 10.1. The van der Waals surface area contributed by atoms with Crippen LogP contribution >= 0.6 is 0 Å². The number of carbonyl (C=O) groups excluding carboxylic acids is 1. The number of nitrogens with zero attached hydrogens (tertiary/aromatic N) is 3. The molecule has 1 atom stereocenters. The summed E-state index contributed by atoms with van der Waals surface area (Å²) in [7, 11) is 1.87. The number of nitrogens with one attached hydrogen (secondary N) is 2. The number of hydrogen-bond donors (Lipinski definition) is 2. The first-order chi connectivity index (χ1) is 11.2. The Morgan fingerprint density at radius 2 is 2.09 bits per heavy atom. The molecule has 1 amide bonds. The summed E-state index contributed by atoms with van der Waals surface area (Å²) in [4.78, 5) is 12.7. The summed E-state index contributed by atoms with van der Waals surface area (Å²) >= 11 is 0. The first-order valence-corrected chi connectivity index (χ1v) is 7.58. The highest BCUT2D eigenvalue weighted by atomic mass is 16.1. The van der Waals surface area contributed by atoms with Crippen molar-refractivity contribution in [2.45, 2.75) is 19.4 Å². The SMILES string of the molecule is CC[C@@H](NC(=O)c1cn[nH]c1-c1ccccc1)c1ccnn1C. The van der Waals surface area contributed by atoms with Gasteiger partial charge in [-0.2, -0.15) is 10.2 Å². The molecule has 1 aromatic carbocycles. The minimum absolute atomic E-state index is 0.0893. The van der Waals surface area contributed by atoms with Crippen molar-refractivity contribution in [1.82, 2.24) is 25.3 Å². The van der Waals surface area contributed by atoms with E-state index in [1.54, 1.807) is 17.1 Å². The van der Waals surface area contributed by atoms with Crippen LogP contribution < -0.4 is 5.32 Å². The summed E-state index contributed by atoms with van der Waals surface area (Å²) in [6.45, 7) is 2.03. The van der Waals surface area contributed by atoms with Crippen LogP contribution in [0.15, 0.2) is 48.8 Å². The van der Waals surface area contributed by atoms with Gasteiger partial charge in [-0.05, 0) is 12.5 Å². The van der Waals surface area contributed by atoms with Crippen LogP contribution in [0.3, 0.4) is 0 Å². The maximum Gasteiger partial charge on any atom is 0.255 e. The second-order valence-corrected chi connectivity index (χ2v) is 5.34. The molecule has 0 aliphatic rings. The van der Waals surface area contributed by atoms with Crippen molar-refractivity contribution in [3.63, 3.8) is 0 Å². The monoisotopic (exact) mass is 309 g/mol. The van der Waals surface area contributed by atoms with Crippen molar-refractivity contribution in [1.29, 1.82) is 0 Å². The van der Waals surface area contributed by atoms with Gasteiger partial charge in [0.15, 0.2) is 0 Å². The molecule has 2 N–H and O–H groups in total. The van der Waals surface area contributed by atoms with E-state index in [-0.39, 0.29) is 11.9 Å². The van der Waals surface area contributed by atoms with E-state index in [2.05, 4.69) is 20.6 Å². The van der Waals surface area contributed by atoms with Gasteiger partial charge in [0, 0.05) is 18.8 Å². The zero-order valence-corrected chi connectivity index (χ0v) is 13.2. The van der Waals surface area contributed by atoms with Crippen molar-refractivity contribution >= 4 is 5.91 Å². The molecule has 0 aliphatic carbocycles. The molecule has 0 aliphatic heterocycles. The second-order valence-electron chi connectivity index (χ2n) is 5.34. The highest BCUT2D eigenvalue weighted by Crippen LogP contribution is 2.22. The van der Waals surface area contributed by atoms with E-state index in [0.717, 1.165) is 23.4 Å². The molecule has 118 valence electrons. The number of hydrogen-bond acceptors (Lipinski definition) is 3. The Morgan fingerprint density at radius 1 is 1.30 bits per heavy atom. The number of aryl methyl sites for hydroxylation is 1. The van der Waals surface area contributed by atoms with Gasteiger partial charge in [-0.1, -0.05) is 37.3 Å². The fourth-order valence-corrected chi connectivity index (χ4v) is 2.63. The lowest BCUT2D eigenvalue weighted by Crippen LogP contribution is -2.29. The highest BCUT2D eigenvalue weighted by Gasteiger charge is 2.20. The predicted molar refractivity (Wildman–Crippen MR) is 87.7 cm³/mol. The van der Waals surface area contributed by atoms with E-state index in [0.29, 0.717) is 5.56 Å². The lowest BCUT2D eigenvalue weighted by Gasteiger charge is -2.17. The molecule has 6 nitrogen and oxygen atoms in total. The Hall–Kier alpha value is -2.89. The minimum Gasteiger partial charge on any atom is -0.344 e. The summed E-state index contributed by atoms with van der Waals surface area (Å²) in [5.41, 5.74) is 3.18. The molecule has 0 fully saturated rings. The van der Waals surface area contributed by atoms with Crippen LogP contribution in [-0.4, -0.2) is 25.9 Å². The predicted octanol–water partition coefficient (Wildman–Crippen LogP) is 2.69. The quantitative estimate of drug-likeness (QED) is 0.761. The Labute approximate surface area is 134 Å². The van der Waals surface area contributed by atoms with Gasteiger partial charge in [0.2, 0.25) is 0 Å². The van der Waals surface area contributed by atoms with Gasteiger partial charge in [0.1, 0.15) is 0 Å². The van der Waals surface area contributed by atoms with Crippen LogP contribution in [0.1, 0.15) is 35.4 Å². The maximum absolute atomic E-state index is 12.7. The molecule has 2 heterocycles. The molecular weight excluding hydrogens is 290 g/mol. The topological polar surface area (TPSA) is 75.6 Å².